The number of benzene rings is 1. The molecule has 18 heavy (non-hydrogen) atoms. The second kappa shape index (κ2) is 6.75. The van der Waals surface area contributed by atoms with Gasteiger partial charge in [-0.05, 0) is 24.1 Å². The quantitative estimate of drug-likeness (QED) is 0.764. The van der Waals surface area contributed by atoms with Gasteiger partial charge < -0.3 is 10.1 Å². The molecule has 1 aromatic carbocycles. The molecule has 1 N–H and O–H groups in total. The molecule has 5 heteroatoms. The summed E-state index contributed by atoms with van der Waals surface area (Å²) in [5.41, 5.74) is 2.18. The van der Waals surface area contributed by atoms with Crippen molar-refractivity contribution < 1.29 is 13.2 Å². The zero-order valence-corrected chi connectivity index (χ0v) is 12.0. The van der Waals surface area contributed by atoms with Crippen molar-refractivity contribution in [3.63, 3.8) is 0 Å². The summed E-state index contributed by atoms with van der Waals surface area (Å²) in [4.78, 5) is 0. The van der Waals surface area contributed by atoms with Gasteiger partial charge in [-0.1, -0.05) is 19.1 Å². The Bertz CT molecular complexity index is 483. The van der Waals surface area contributed by atoms with E-state index in [-0.39, 0.29) is 11.5 Å². The molecule has 1 aromatic rings. The molecule has 0 fully saturated rings. The van der Waals surface area contributed by atoms with Crippen LogP contribution >= 0.6 is 0 Å². The van der Waals surface area contributed by atoms with E-state index in [9.17, 15) is 8.42 Å². The molecule has 0 atom stereocenters. The fraction of sp³-hybridized carbons (Fsp3) is 0.538. The molecule has 0 spiro atoms. The maximum atomic E-state index is 11.3. The smallest absolute Gasteiger partial charge is 0.151 e. The van der Waals surface area contributed by atoms with E-state index in [0.29, 0.717) is 13.1 Å². The topological polar surface area (TPSA) is 55.4 Å². The average molecular weight is 271 g/mol. The van der Waals surface area contributed by atoms with Gasteiger partial charge in [-0.25, -0.2) is 8.42 Å². The van der Waals surface area contributed by atoms with Gasteiger partial charge in [0.25, 0.3) is 0 Å². The summed E-state index contributed by atoms with van der Waals surface area (Å²) in [6.07, 6.45) is 0. The van der Waals surface area contributed by atoms with Gasteiger partial charge >= 0.3 is 0 Å². The zero-order valence-electron chi connectivity index (χ0n) is 11.2. The molecule has 0 aromatic heterocycles. The SMILES string of the molecule is CCS(=O)(=O)CCNCc1ccc(C)c(OC)c1. The van der Waals surface area contributed by atoms with Crippen LogP contribution in [0.2, 0.25) is 0 Å². The van der Waals surface area contributed by atoms with E-state index in [1.54, 1.807) is 14.0 Å². The highest BCUT2D eigenvalue weighted by Crippen LogP contribution is 2.18. The minimum absolute atomic E-state index is 0.187. The van der Waals surface area contributed by atoms with Gasteiger partial charge in [-0.15, -0.1) is 0 Å². The molecule has 0 aliphatic rings. The summed E-state index contributed by atoms with van der Waals surface area (Å²) in [6.45, 7) is 4.78. The van der Waals surface area contributed by atoms with E-state index in [4.69, 9.17) is 4.74 Å². The number of sulfone groups is 1. The van der Waals surface area contributed by atoms with E-state index in [2.05, 4.69) is 5.32 Å². The molecule has 4 nitrogen and oxygen atoms in total. The molecule has 0 unspecified atom stereocenters. The fourth-order valence-electron chi connectivity index (χ4n) is 1.58. The number of nitrogens with one attached hydrogen (secondary N) is 1. The van der Waals surface area contributed by atoms with Crippen LogP contribution in [0.3, 0.4) is 0 Å². The van der Waals surface area contributed by atoms with Gasteiger partial charge in [0, 0.05) is 18.8 Å². The number of hydrogen-bond acceptors (Lipinski definition) is 4. The van der Waals surface area contributed by atoms with Crippen molar-refractivity contribution >= 4 is 9.84 Å². The van der Waals surface area contributed by atoms with Crippen molar-refractivity contribution in [2.75, 3.05) is 25.2 Å². The number of ether oxygens (including phenoxy) is 1. The lowest BCUT2D eigenvalue weighted by Crippen LogP contribution is -2.23. The van der Waals surface area contributed by atoms with E-state index >= 15 is 0 Å². The predicted molar refractivity (Wildman–Crippen MR) is 73.8 cm³/mol. The summed E-state index contributed by atoms with van der Waals surface area (Å²) in [5, 5.41) is 3.13. The van der Waals surface area contributed by atoms with Crippen molar-refractivity contribution in [1.29, 1.82) is 0 Å². The molecule has 0 radical (unpaired) electrons. The second-order valence-electron chi connectivity index (χ2n) is 4.22. The molecule has 102 valence electrons. The van der Waals surface area contributed by atoms with Crippen molar-refractivity contribution in [2.45, 2.75) is 20.4 Å². The van der Waals surface area contributed by atoms with Crippen LogP contribution in [0.15, 0.2) is 18.2 Å². The highest BCUT2D eigenvalue weighted by Gasteiger charge is 2.06. The fourth-order valence-corrected chi connectivity index (χ4v) is 2.32. The van der Waals surface area contributed by atoms with E-state index in [1.165, 1.54) is 0 Å². The summed E-state index contributed by atoms with van der Waals surface area (Å²) < 4.78 is 27.8. The number of methoxy groups -OCH3 is 1. The Labute approximate surface area is 109 Å². The molecule has 0 heterocycles. The third-order valence-electron chi connectivity index (χ3n) is 2.83. The summed E-state index contributed by atoms with van der Waals surface area (Å²) in [6, 6.07) is 5.98. The van der Waals surface area contributed by atoms with E-state index < -0.39 is 9.84 Å². The Hall–Kier alpha value is -1.07. The second-order valence-corrected chi connectivity index (χ2v) is 6.69. The third kappa shape index (κ3) is 4.66. The van der Waals surface area contributed by atoms with Gasteiger partial charge in [0.15, 0.2) is 9.84 Å². The number of aryl methyl sites for hydroxylation is 1. The van der Waals surface area contributed by atoms with Gasteiger partial charge in [0.05, 0.1) is 12.9 Å². The van der Waals surface area contributed by atoms with Crippen molar-refractivity contribution in [3.05, 3.63) is 29.3 Å². The average Bonchev–Trinajstić information content (AvgIpc) is 2.36. The van der Waals surface area contributed by atoms with Gasteiger partial charge in [0.1, 0.15) is 5.75 Å². The first-order valence-corrected chi connectivity index (χ1v) is 7.85. The molecule has 0 aliphatic carbocycles. The van der Waals surface area contributed by atoms with Crippen LogP contribution in [-0.4, -0.2) is 33.6 Å². The first-order chi connectivity index (χ1) is 8.48. The molecular formula is C13H21NO3S. The Morgan fingerprint density at radius 1 is 1.33 bits per heavy atom. The highest BCUT2D eigenvalue weighted by atomic mass is 32.2. The van der Waals surface area contributed by atoms with Crippen LogP contribution in [0, 0.1) is 6.92 Å². The van der Waals surface area contributed by atoms with Crippen molar-refractivity contribution in [2.24, 2.45) is 0 Å². The van der Waals surface area contributed by atoms with Crippen molar-refractivity contribution in [3.8, 4) is 5.75 Å². The lowest BCUT2D eigenvalue weighted by atomic mass is 10.1. The molecule has 0 saturated heterocycles. The monoisotopic (exact) mass is 271 g/mol. The summed E-state index contributed by atoms with van der Waals surface area (Å²) in [7, 11) is -1.23. The Kier molecular flexibility index (Phi) is 5.62. The standard InChI is InChI=1S/C13H21NO3S/c1-4-18(15,16)8-7-14-10-12-6-5-11(2)13(9-12)17-3/h5-6,9,14H,4,7-8,10H2,1-3H3. The lowest BCUT2D eigenvalue weighted by Gasteiger charge is -2.09. The van der Waals surface area contributed by atoms with Crippen molar-refractivity contribution in [1.82, 2.24) is 5.32 Å². The Morgan fingerprint density at radius 2 is 2.06 bits per heavy atom. The van der Waals surface area contributed by atoms with Gasteiger partial charge in [0.2, 0.25) is 0 Å². The minimum atomic E-state index is -2.88. The van der Waals surface area contributed by atoms with Crippen LogP contribution < -0.4 is 10.1 Å². The van der Waals surface area contributed by atoms with Crippen LogP contribution in [0.5, 0.6) is 5.75 Å². The predicted octanol–water partition coefficient (Wildman–Crippen LogP) is 1.53. The molecule has 0 amide bonds. The van der Waals surface area contributed by atoms with E-state index in [0.717, 1.165) is 16.9 Å². The maximum absolute atomic E-state index is 11.3. The first-order valence-electron chi connectivity index (χ1n) is 6.03. The maximum Gasteiger partial charge on any atom is 0.151 e. The van der Waals surface area contributed by atoms with Gasteiger partial charge in [-0.3, -0.25) is 0 Å². The van der Waals surface area contributed by atoms with Gasteiger partial charge in [-0.2, -0.15) is 0 Å². The van der Waals surface area contributed by atoms with Crippen LogP contribution in [0.4, 0.5) is 0 Å². The Morgan fingerprint density at radius 3 is 2.67 bits per heavy atom. The number of rotatable bonds is 7. The molecular weight excluding hydrogens is 250 g/mol. The first kappa shape index (κ1) is 15.0. The molecule has 0 aliphatic heterocycles. The lowest BCUT2D eigenvalue weighted by molar-refractivity contribution is 0.411. The van der Waals surface area contributed by atoms with Crippen LogP contribution in [-0.2, 0) is 16.4 Å². The summed E-state index contributed by atoms with van der Waals surface area (Å²) >= 11 is 0. The highest BCUT2D eigenvalue weighted by molar-refractivity contribution is 7.91. The van der Waals surface area contributed by atoms with E-state index in [1.807, 2.05) is 25.1 Å². The minimum Gasteiger partial charge on any atom is -0.496 e. The molecule has 0 saturated carbocycles. The van der Waals surface area contributed by atoms with Crippen LogP contribution in [0.25, 0.3) is 0 Å². The zero-order chi connectivity index (χ0) is 13.6. The van der Waals surface area contributed by atoms with Crippen LogP contribution in [0.1, 0.15) is 18.1 Å². The molecule has 0 bridgehead atoms. The molecule has 1 rings (SSSR count). The third-order valence-corrected chi connectivity index (χ3v) is 4.54. The summed E-state index contributed by atoms with van der Waals surface area (Å²) in [5.74, 6) is 1.25. The largest absolute Gasteiger partial charge is 0.496 e. The number of hydrogen-bond donors (Lipinski definition) is 1. The normalized spacial score (nSPS) is 11.5. The Balaban J connectivity index is 2.45.